The van der Waals surface area contributed by atoms with Gasteiger partial charge in [-0.3, -0.25) is 4.90 Å². The second-order valence-electron chi connectivity index (χ2n) is 7.08. The lowest BCUT2D eigenvalue weighted by molar-refractivity contribution is 0.291. The van der Waals surface area contributed by atoms with Crippen LogP contribution in [0.4, 0.5) is 8.78 Å². The van der Waals surface area contributed by atoms with Gasteiger partial charge in [-0.05, 0) is 55.2 Å². The summed E-state index contributed by atoms with van der Waals surface area (Å²) in [7, 11) is 0. The number of aryl methyl sites for hydroxylation is 2. The summed E-state index contributed by atoms with van der Waals surface area (Å²) in [6.45, 7) is 5.78. The average molecular weight is 367 g/mol. The Bertz CT molecular complexity index is 973. The molecule has 3 nitrogen and oxygen atoms in total. The maximum atomic E-state index is 13.4. The van der Waals surface area contributed by atoms with E-state index in [0.29, 0.717) is 0 Å². The van der Waals surface area contributed by atoms with Crippen molar-refractivity contribution in [2.45, 2.75) is 26.3 Å². The molecule has 0 N–H and O–H groups in total. The van der Waals surface area contributed by atoms with E-state index in [-0.39, 0.29) is 11.6 Å². The van der Waals surface area contributed by atoms with Crippen LogP contribution in [0, 0.1) is 18.6 Å². The molecule has 0 aliphatic carbocycles. The molecule has 0 spiro atoms. The fraction of sp³-hybridized carbons (Fsp3) is 0.318. The summed E-state index contributed by atoms with van der Waals surface area (Å²) in [6.07, 6.45) is 4.25. The lowest BCUT2D eigenvalue weighted by Gasteiger charge is -2.26. The maximum absolute atomic E-state index is 13.4. The minimum atomic E-state index is -0.246. The molecule has 3 aromatic rings. The Labute approximate surface area is 157 Å². The van der Waals surface area contributed by atoms with Crippen molar-refractivity contribution in [3.05, 3.63) is 71.6 Å². The average Bonchev–Trinajstić information content (AvgIpc) is 2.97. The van der Waals surface area contributed by atoms with Gasteiger partial charge in [-0.25, -0.2) is 13.8 Å². The number of aromatic nitrogens is 2. The predicted molar refractivity (Wildman–Crippen MR) is 104 cm³/mol. The maximum Gasteiger partial charge on any atom is 0.125 e. The molecule has 5 heteroatoms. The number of benzene rings is 2. The van der Waals surface area contributed by atoms with Gasteiger partial charge < -0.3 is 4.57 Å². The van der Waals surface area contributed by atoms with Crippen molar-refractivity contribution in [2.24, 2.45) is 0 Å². The zero-order valence-corrected chi connectivity index (χ0v) is 15.5. The summed E-state index contributed by atoms with van der Waals surface area (Å²) in [4.78, 5) is 6.89. The van der Waals surface area contributed by atoms with Gasteiger partial charge in [0.05, 0.1) is 11.0 Å². The quantitative estimate of drug-likeness (QED) is 0.646. The largest absolute Gasteiger partial charge is 0.328 e. The van der Waals surface area contributed by atoms with Gasteiger partial charge in [0.15, 0.2) is 0 Å². The summed E-state index contributed by atoms with van der Waals surface area (Å²) in [5.41, 5.74) is 4.12. The van der Waals surface area contributed by atoms with Crippen molar-refractivity contribution < 1.29 is 8.78 Å². The molecule has 0 amide bonds. The molecule has 0 saturated carbocycles. The predicted octanol–water partition coefficient (Wildman–Crippen LogP) is 4.80. The summed E-state index contributed by atoms with van der Waals surface area (Å²) in [5.74, 6) is 0.485. The van der Waals surface area contributed by atoms with Crippen LogP contribution in [-0.2, 0) is 6.54 Å². The standard InChI is InChI=1S/C22H23F2N3/c1-16-25-21-15-20(24)7-8-22(21)27(16)12-2-11-26-13-9-18(10-14-26)17-3-5-19(23)6-4-17/h3-9,15H,2,10-14H2,1H3. The number of fused-ring (bicyclic) bond motifs is 1. The van der Waals surface area contributed by atoms with E-state index in [1.807, 2.05) is 25.1 Å². The third-order valence-electron chi connectivity index (χ3n) is 5.27. The van der Waals surface area contributed by atoms with Crippen molar-refractivity contribution in [1.29, 1.82) is 0 Å². The Morgan fingerprint density at radius 2 is 1.78 bits per heavy atom. The van der Waals surface area contributed by atoms with Crippen LogP contribution < -0.4 is 0 Å². The van der Waals surface area contributed by atoms with Crippen molar-refractivity contribution in [3.8, 4) is 0 Å². The fourth-order valence-corrected chi connectivity index (χ4v) is 3.80. The number of hydrogen-bond acceptors (Lipinski definition) is 2. The summed E-state index contributed by atoms with van der Waals surface area (Å²) >= 11 is 0. The molecule has 0 fully saturated rings. The highest BCUT2D eigenvalue weighted by molar-refractivity contribution is 5.76. The summed E-state index contributed by atoms with van der Waals surface area (Å²) in [6, 6.07) is 11.5. The molecule has 1 aromatic heterocycles. The zero-order chi connectivity index (χ0) is 18.8. The van der Waals surface area contributed by atoms with Gasteiger partial charge in [-0.15, -0.1) is 0 Å². The van der Waals surface area contributed by atoms with Gasteiger partial charge >= 0.3 is 0 Å². The van der Waals surface area contributed by atoms with E-state index >= 15 is 0 Å². The number of hydrogen-bond donors (Lipinski definition) is 0. The zero-order valence-electron chi connectivity index (χ0n) is 15.5. The van der Waals surface area contributed by atoms with E-state index in [1.54, 1.807) is 0 Å². The number of nitrogens with zero attached hydrogens (tertiary/aromatic N) is 3. The van der Waals surface area contributed by atoms with E-state index < -0.39 is 0 Å². The van der Waals surface area contributed by atoms with Crippen LogP contribution in [0.15, 0.2) is 48.5 Å². The van der Waals surface area contributed by atoms with Crippen LogP contribution >= 0.6 is 0 Å². The molecule has 4 rings (SSSR count). The highest BCUT2D eigenvalue weighted by atomic mass is 19.1. The molecular weight excluding hydrogens is 344 g/mol. The number of rotatable bonds is 5. The molecule has 27 heavy (non-hydrogen) atoms. The molecular formula is C22H23F2N3. The lowest BCUT2D eigenvalue weighted by atomic mass is 9.99. The van der Waals surface area contributed by atoms with Crippen molar-refractivity contribution >= 4 is 16.6 Å². The topological polar surface area (TPSA) is 21.1 Å². The van der Waals surface area contributed by atoms with E-state index in [4.69, 9.17) is 0 Å². The minimum absolute atomic E-state index is 0.193. The first-order valence-electron chi connectivity index (χ1n) is 9.40. The van der Waals surface area contributed by atoms with Crippen molar-refractivity contribution in [2.75, 3.05) is 19.6 Å². The summed E-state index contributed by atoms with van der Waals surface area (Å²) < 4.78 is 28.6. The van der Waals surface area contributed by atoms with Crippen LogP contribution in [0.25, 0.3) is 16.6 Å². The third-order valence-corrected chi connectivity index (χ3v) is 5.27. The minimum Gasteiger partial charge on any atom is -0.328 e. The summed E-state index contributed by atoms with van der Waals surface area (Å²) in [5, 5.41) is 0. The van der Waals surface area contributed by atoms with Gasteiger partial charge in [-0.1, -0.05) is 18.2 Å². The fourth-order valence-electron chi connectivity index (χ4n) is 3.80. The van der Waals surface area contributed by atoms with Gasteiger partial charge in [0.1, 0.15) is 17.5 Å². The van der Waals surface area contributed by atoms with Crippen LogP contribution in [0.2, 0.25) is 0 Å². The smallest absolute Gasteiger partial charge is 0.125 e. The van der Waals surface area contributed by atoms with Gasteiger partial charge in [0.2, 0.25) is 0 Å². The number of halogens is 2. The normalized spacial score (nSPS) is 15.3. The Morgan fingerprint density at radius 3 is 2.52 bits per heavy atom. The first kappa shape index (κ1) is 17.9. The molecule has 0 radical (unpaired) electrons. The molecule has 2 heterocycles. The molecule has 140 valence electrons. The van der Waals surface area contributed by atoms with E-state index in [0.717, 1.165) is 61.4 Å². The molecule has 0 atom stereocenters. The Kier molecular flexibility index (Phi) is 5.03. The van der Waals surface area contributed by atoms with Crippen molar-refractivity contribution in [1.82, 2.24) is 14.5 Å². The molecule has 1 aliphatic rings. The van der Waals surface area contributed by atoms with Crippen LogP contribution in [0.1, 0.15) is 24.2 Å². The molecule has 0 saturated heterocycles. The van der Waals surface area contributed by atoms with Crippen LogP contribution in [0.5, 0.6) is 0 Å². The lowest BCUT2D eigenvalue weighted by Crippen LogP contribution is -2.30. The van der Waals surface area contributed by atoms with Gasteiger partial charge in [-0.2, -0.15) is 0 Å². The first-order valence-corrected chi connectivity index (χ1v) is 9.40. The second kappa shape index (κ2) is 7.61. The van der Waals surface area contributed by atoms with Crippen LogP contribution in [-0.4, -0.2) is 34.1 Å². The third kappa shape index (κ3) is 3.93. The Balaban J connectivity index is 1.34. The van der Waals surface area contributed by atoms with E-state index in [1.165, 1.54) is 29.8 Å². The molecule has 1 aliphatic heterocycles. The highest BCUT2D eigenvalue weighted by Crippen LogP contribution is 2.23. The Hall–Kier alpha value is -2.53. The second-order valence-corrected chi connectivity index (χ2v) is 7.08. The Morgan fingerprint density at radius 1 is 1.00 bits per heavy atom. The van der Waals surface area contributed by atoms with Gasteiger partial charge in [0, 0.05) is 32.2 Å². The van der Waals surface area contributed by atoms with Crippen molar-refractivity contribution in [3.63, 3.8) is 0 Å². The monoisotopic (exact) mass is 367 g/mol. The SMILES string of the molecule is Cc1nc2cc(F)ccc2n1CCCN1CC=C(c2ccc(F)cc2)CC1. The molecule has 2 aromatic carbocycles. The highest BCUT2D eigenvalue weighted by Gasteiger charge is 2.14. The molecule has 0 unspecified atom stereocenters. The van der Waals surface area contributed by atoms with E-state index in [9.17, 15) is 8.78 Å². The van der Waals surface area contributed by atoms with E-state index in [2.05, 4.69) is 20.5 Å². The number of imidazole rings is 1. The van der Waals surface area contributed by atoms with Gasteiger partial charge in [0.25, 0.3) is 0 Å². The molecule has 0 bridgehead atoms. The first-order chi connectivity index (χ1) is 13.1. The van der Waals surface area contributed by atoms with Crippen LogP contribution in [0.3, 0.4) is 0 Å².